The van der Waals surface area contributed by atoms with Crippen molar-refractivity contribution in [3.8, 4) is 6.07 Å². The lowest BCUT2D eigenvalue weighted by Gasteiger charge is -2.05. The van der Waals surface area contributed by atoms with Crippen molar-refractivity contribution < 1.29 is 8.42 Å². The first-order chi connectivity index (χ1) is 6.97. The molecule has 0 saturated carbocycles. The van der Waals surface area contributed by atoms with Gasteiger partial charge in [-0.2, -0.15) is 5.26 Å². The summed E-state index contributed by atoms with van der Waals surface area (Å²) >= 11 is 4.29. The van der Waals surface area contributed by atoms with E-state index in [-0.39, 0.29) is 16.7 Å². The van der Waals surface area contributed by atoms with Gasteiger partial charge in [0, 0.05) is 11.0 Å². The third-order valence-corrected chi connectivity index (χ3v) is 5.72. The minimum atomic E-state index is -3.48. The molecular formula is C8H9BrN2O2S2. The highest BCUT2D eigenvalue weighted by molar-refractivity contribution is 9.10. The van der Waals surface area contributed by atoms with E-state index in [2.05, 4.69) is 20.7 Å². The highest BCUT2D eigenvalue weighted by Gasteiger charge is 2.19. The summed E-state index contributed by atoms with van der Waals surface area (Å²) in [5.41, 5.74) is 0. The molecule has 1 aromatic rings. The highest BCUT2D eigenvalue weighted by atomic mass is 79.9. The summed E-state index contributed by atoms with van der Waals surface area (Å²) in [6, 6.07) is 3.64. The van der Waals surface area contributed by atoms with E-state index in [1.165, 1.54) is 0 Å². The average molecular weight is 309 g/mol. The molecule has 0 radical (unpaired) electrons. The fourth-order valence-electron chi connectivity index (χ4n) is 0.817. The second-order valence-corrected chi connectivity index (χ2v) is 6.67. The van der Waals surface area contributed by atoms with E-state index in [0.29, 0.717) is 4.47 Å². The number of rotatable bonds is 4. The summed E-state index contributed by atoms with van der Waals surface area (Å²) < 4.78 is 26.6. The van der Waals surface area contributed by atoms with Crippen LogP contribution in [0.2, 0.25) is 0 Å². The summed E-state index contributed by atoms with van der Waals surface area (Å²) in [6.07, 6.45) is 0. The first kappa shape index (κ1) is 12.6. The standard InChI is InChI=1S/C8H9BrN2O2S2/c1-6(4-10)5-11-15(12,13)8-7(9)2-3-14-8/h2-3,6,11H,5H2,1H3. The maximum absolute atomic E-state index is 11.7. The molecule has 1 N–H and O–H groups in total. The summed E-state index contributed by atoms with van der Waals surface area (Å²) in [4.78, 5) is 0. The highest BCUT2D eigenvalue weighted by Crippen LogP contribution is 2.27. The molecule has 4 nitrogen and oxygen atoms in total. The normalized spacial score (nSPS) is 13.4. The zero-order chi connectivity index (χ0) is 11.5. The van der Waals surface area contributed by atoms with Gasteiger partial charge >= 0.3 is 0 Å². The third kappa shape index (κ3) is 3.28. The zero-order valence-corrected chi connectivity index (χ0v) is 11.1. The molecule has 0 saturated heterocycles. The van der Waals surface area contributed by atoms with Gasteiger partial charge in [0.15, 0.2) is 0 Å². The molecule has 0 amide bonds. The smallest absolute Gasteiger partial charge is 0.209 e. The Bertz CT molecular complexity index is 475. The molecule has 0 aliphatic carbocycles. The Hall–Kier alpha value is -0.420. The summed E-state index contributed by atoms with van der Waals surface area (Å²) in [5, 5.41) is 10.2. The van der Waals surface area contributed by atoms with E-state index >= 15 is 0 Å². The maximum Gasteiger partial charge on any atom is 0.251 e. The molecule has 7 heteroatoms. The number of nitrogens with zero attached hydrogens (tertiary/aromatic N) is 1. The van der Waals surface area contributed by atoms with E-state index in [4.69, 9.17) is 5.26 Å². The van der Waals surface area contributed by atoms with Gasteiger partial charge in [-0.3, -0.25) is 0 Å². The second kappa shape index (κ2) is 5.07. The Balaban J connectivity index is 2.78. The summed E-state index contributed by atoms with van der Waals surface area (Å²) in [7, 11) is -3.48. The molecule has 1 rings (SSSR count). The monoisotopic (exact) mass is 308 g/mol. The van der Waals surface area contributed by atoms with Crippen molar-refractivity contribution >= 4 is 37.3 Å². The van der Waals surface area contributed by atoms with Gasteiger partial charge in [0.25, 0.3) is 10.0 Å². The minimum absolute atomic E-state index is 0.128. The molecule has 0 fully saturated rings. The van der Waals surface area contributed by atoms with Crippen molar-refractivity contribution in [3.63, 3.8) is 0 Å². The molecule has 1 unspecified atom stereocenters. The van der Waals surface area contributed by atoms with Crippen LogP contribution in [0.5, 0.6) is 0 Å². The van der Waals surface area contributed by atoms with Gasteiger partial charge < -0.3 is 0 Å². The van der Waals surface area contributed by atoms with Crippen molar-refractivity contribution in [2.24, 2.45) is 5.92 Å². The first-order valence-electron chi connectivity index (χ1n) is 4.09. The number of thiophene rings is 1. The van der Waals surface area contributed by atoms with E-state index in [1.54, 1.807) is 18.4 Å². The summed E-state index contributed by atoms with van der Waals surface area (Å²) in [6.45, 7) is 1.79. The van der Waals surface area contributed by atoms with Crippen LogP contribution in [0.25, 0.3) is 0 Å². The molecule has 0 aromatic carbocycles. The fourth-order valence-corrected chi connectivity index (χ4v) is 4.33. The topological polar surface area (TPSA) is 70.0 Å². The molecule has 0 bridgehead atoms. The van der Waals surface area contributed by atoms with Gasteiger partial charge in [0.05, 0.1) is 12.0 Å². The number of halogens is 1. The van der Waals surface area contributed by atoms with Gasteiger partial charge in [-0.25, -0.2) is 13.1 Å². The van der Waals surface area contributed by atoms with Gasteiger partial charge in [-0.1, -0.05) is 0 Å². The van der Waals surface area contributed by atoms with Crippen molar-refractivity contribution in [3.05, 3.63) is 15.9 Å². The lowest BCUT2D eigenvalue weighted by molar-refractivity contribution is 0.574. The number of hydrogen-bond acceptors (Lipinski definition) is 4. The van der Waals surface area contributed by atoms with E-state index in [0.717, 1.165) is 11.3 Å². The van der Waals surface area contributed by atoms with Crippen LogP contribution in [0.1, 0.15) is 6.92 Å². The molecule has 0 aliphatic heterocycles. The quantitative estimate of drug-likeness (QED) is 0.924. The molecule has 1 atom stereocenters. The maximum atomic E-state index is 11.7. The zero-order valence-electron chi connectivity index (χ0n) is 7.90. The van der Waals surface area contributed by atoms with Crippen molar-refractivity contribution in [2.45, 2.75) is 11.1 Å². The Labute approximate surface area is 101 Å². The van der Waals surface area contributed by atoms with Crippen molar-refractivity contribution in [1.82, 2.24) is 4.72 Å². The number of nitrogens with one attached hydrogen (secondary N) is 1. The number of sulfonamides is 1. The van der Waals surface area contributed by atoms with Gasteiger partial charge in [-0.05, 0) is 34.3 Å². The van der Waals surface area contributed by atoms with Gasteiger partial charge in [0.1, 0.15) is 4.21 Å². The molecule has 1 aromatic heterocycles. The predicted molar refractivity (Wildman–Crippen MR) is 62.0 cm³/mol. The SMILES string of the molecule is CC(C#N)CNS(=O)(=O)c1sccc1Br. The van der Waals surface area contributed by atoms with Crippen LogP contribution in [0.4, 0.5) is 0 Å². The van der Waals surface area contributed by atoms with Crippen LogP contribution >= 0.6 is 27.3 Å². The van der Waals surface area contributed by atoms with Crippen molar-refractivity contribution in [1.29, 1.82) is 5.26 Å². The largest absolute Gasteiger partial charge is 0.251 e. The lowest BCUT2D eigenvalue weighted by Crippen LogP contribution is -2.27. The Morgan fingerprint density at radius 3 is 2.87 bits per heavy atom. The van der Waals surface area contributed by atoms with E-state index < -0.39 is 10.0 Å². The summed E-state index contributed by atoms with van der Waals surface area (Å²) in [5.74, 6) is -0.335. The van der Waals surface area contributed by atoms with Crippen LogP contribution in [0, 0.1) is 17.2 Å². The van der Waals surface area contributed by atoms with Crippen LogP contribution in [0.3, 0.4) is 0 Å². The molecule has 82 valence electrons. The third-order valence-electron chi connectivity index (χ3n) is 1.63. The van der Waals surface area contributed by atoms with Crippen LogP contribution < -0.4 is 4.72 Å². The Kier molecular flexibility index (Phi) is 4.28. The Morgan fingerprint density at radius 1 is 1.73 bits per heavy atom. The number of nitriles is 1. The number of hydrogen-bond donors (Lipinski definition) is 1. The Morgan fingerprint density at radius 2 is 2.40 bits per heavy atom. The first-order valence-corrected chi connectivity index (χ1v) is 7.25. The minimum Gasteiger partial charge on any atom is -0.209 e. The van der Waals surface area contributed by atoms with E-state index in [1.807, 2.05) is 6.07 Å². The average Bonchev–Trinajstić information content (AvgIpc) is 2.61. The molecule has 15 heavy (non-hydrogen) atoms. The van der Waals surface area contributed by atoms with Crippen LogP contribution in [-0.2, 0) is 10.0 Å². The molecular weight excluding hydrogens is 300 g/mol. The van der Waals surface area contributed by atoms with Crippen molar-refractivity contribution in [2.75, 3.05) is 6.54 Å². The van der Waals surface area contributed by atoms with Crippen LogP contribution in [0.15, 0.2) is 20.1 Å². The van der Waals surface area contributed by atoms with Gasteiger partial charge in [0.2, 0.25) is 0 Å². The second-order valence-electron chi connectivity index (χ2n) is 2.94. The molecule has 0 aliphatic rings. The fraction of sp³-hybridized carbons (Fsp3) is 0.375. The van der Waals surface area contributed by atoms with Gasteiger partial charge in [-0.15, -0.1) is 11.3 Å². The van der Waals surface area contributed by atoms with Crippen LogP contribution in [-0.4, -0.2) is 15.0 Å². The predicted octanol–water partition coefficient (Wildman–Crippen LogP) is 1.95. The molecule has 1 heterocycles. The lowest BCUT2D eigenvalue weighted by atomic mass is 10.2. The van der Waals surface area contributed by atoms with E-state index in [9.17, 15) is 8.42 Å². The molecule has 0 spiro atoms.